The Bertz CT molecular complexity index is 532. The summed E-state index contributed by atoms with van der Waals surface area (Å²) in [6, 6.07) is 10.5. The fraction of sp³-hybridized carbons (Fsp3) is 0.214. The van der Waals surface area contributed by atoms with Crippen LogP contribution in [0.4, 0.5) is 5.82 Å². The Morgan fingerprint density at radius 1 is 1.18 bits per heavy atom. The molecular weight excluding hydrogens is 210 g/mol. The zero-order valence-electron chi connectivity index (χ0n) is 9.61. The average Bonchev–Trinajstić information content (AvgIpc) is 2.87. The van der Waals surface area contributed by atoms with E-state index in [-0.39, 0.29) is 0 Å². The maximum Gasteiger partial charge on any atom is 0.129 e. The third-order valence-electron chi connectivity index (χ3n) is 3.22. The van der Waals surface area contributed by atoms with E-state index >= 15 is 0 Å². The van der Waals surface area contributed by atoms with Gasteiger partial charge in [0.25, 0.3) is 0 Å². The van der Waals surface area contributed by atoms with Crippen molar-refractivity contribution in [3.8, 4) is 11.1 Å². The third kappa shape index (κ3) is 1.78. The molecule has 0 unspecified atom stereocenters. The summed E-state index contributed by atoms with van der Waals surface area (Å²) in [6.07, 6.45) is 2.92. The van der Waals surface area contributed by atoms with Crippen molar-refractivity contribution >= 4 is 5.82 Å². The summed E-state index contributed by atoms with van der Waals surface area (Å²) in [5.41, 5.74) is 10.6. The molecule has 2 aromatic rings. The number of rotatable bonds is 2. The molecule has 0 aliphatic carbocycles. The number of nitrogens with zero attached hydrogens (tertiary/aromatic N) is 1. The van der Waals surface area contributed by atoms with Crippen LogP contribution in [0, 0.1) is 0 Å². The number of anilines is 1. The van der Waals surface area contributed by atoms with Crippen LogP contribution >= 0.6 is 0 Å². The van der Waals surface area contributed by atoms with Gasteiger partial charge in [-0.25, -0.2) is 4.98 Å². The van der Waals surface area contributed by atoms with E-state index in [1.165, 1.54) is 16.7 Å². The lowest BCUT2D eigenvalue weighted by molar-refractivity contribution is 1.07. The first-order valence-electron chi connectivity index (χ1n) is 5.89. The smallest absolute Gasteiger partial charge is 0.129 e. The second-order valence-electron chi connectivity index (χ2n) is 4.26. The Kier molecular flexibility index (Phi) is 2.53. The summed E-state index contributed by atoms with van der Waals surface area (Å²) in [7, 11) is 0. The van der Waals surface area contributed by atoms with Crippen molar-refractivity contribution in [3.63, 3.8) is 0 Å². The molecule has 1 aromatic carbocycles. The maximum absolute atomic E-state index is 5.61. The summed E-state index contributed by atoms with van der Waals surface area (Å²) in [6.45, 7) is 1.58. The van der Waals surface area contributed by atoms with Crippen molar-refractivity contribution in [1.29, 1.82) is 0 Å². The molecule has 0 spiro atoms. The van der Waals surface area contributed by atoms with Gasteiger partial charge in [0.1, 0.15) is 5.82 Å². The minimum Gasteiger partial charge on any atom is -0.369 e. The van der Waals surface area contributed by atoms with Crippen LogP contribution < -0.4 is 11.1 Å². The van der Waals surface area contributed by atoms with Crippen LogP contribution in [0.2, 0.25) is 0 Å². The van der Waals surface area contributed by atoms with Crippen molar-refractivity contribution in [2.24, 2.45) is 5.73 Å². The quantitative estimate of drug-likeness (QED) is 0.823. The number of hydrogen-bond acceptors (Lipinski definition) is 3. The van der Waals surface area contributed by atoms with Crippen LogP contribution in [0.5, 0.6) is 0 Å². The SMILES string of the molecule is NCc1ccc(-c2ccnc3c2CCN3)cc1. The van der Waals surface area contributed by atoms with Crippen molar-refractivity contribution in [1.82, 2.24) is 4.98 Å². The van der Waals surface area contributed by atoms with Crippen molar-refractivity contribution < 1.29 is 0 Å². The highest BCUT2D eigenvalue weighted by Gasteiger charge is 2.15. The Labute approximate surface area is 101 Å². The summed E-state index contributed by atoms with van der Waals surface area (Å²) in [5, 5.41) is 3.30. The molecule has 2 heterocycles. The number of nitrogens with one attached hydrogen (secondary N) is 1. The molecule has 0 fully saturated rings. The van der Waals surface area contributed by atoms with Gasteiger partial charge in [0.2, 0.25) is 0 Å². The van der Waals surface area contributed by atoms with Gasteiger partial charge >= 0.3 is 0 Å². The number of hydrogen-bond donors (Lipinski definition) is 2. The summed E-state index contributed by atoms with van der Waals surface area (Å²) < 4.78 is 0. The number of aromatic nitrogens is 1. The molecule has 17 heavy (non-hydrogen) atoms. The van der Waals surface area contributed by atoms with Gasteiger partial charge in [-0.3, -0.25) is 0 Å². The molecule has 0 amide bonds. The predicted molar refractivity (Wildman–Crippen MR) is 69.8 cm³/mol. The van der Waals surface area contributed by atoms with Crippen LogP contribution in [0.25, 0.3) is 11.1 Å². The fourth-order valence-electron chi connectivity index (χ4n) is 2.29. The van der Waals surface area contributed by atoms with E-state index in [0.717, 1.165) is 24.3 Å². The van der Waals surface area contributed by atoms with Gasteiger partial charge in [-0.2, -0.15) is 0 Å². The minimum atomic E-state index is 0.594. The Hall–Kier alpha value is -1.87. The normalized spacial score (nSPS) is 13.2. The lowest BCUT2D eigenvalue weighted by Crippen LogP contribution is -1.95. The summed E-state index contributed by atoms with van der Waals surface area (Å²) in [5.74, 6) is 1.03. The second kappa shape index (κ2) is 4.18. The molecule has 0 saturated heterocycles. The molecule has 1 aliphatic rings. The summed E-state index contributed by atoms with van der Waals surface area (Å²) >= 11 is 0. The lowest BCUT2D eigenvalue weighted by Gasteiger charge is -2.07. The molecule has 86 valence electrons. The molecule has 3 N–H and O–H groups in total. The van der Waals surface area contributed by atoms with E-state index in [2.05, 4.69) is 40.6 Å². The molecule has 3 nitrogen and oxygen atoms in total. The van der Waals surface area contributed by atoms with E-state index in [1.807, 2.05) is 6.20 Å². The first kappa shape index (κ1) is 10.3. The topological polar surface area (TPSA) is 50.9 Å². The number of fused-ring (bicyclic) bond motifs is 1. The molecule has 0 bridgehead atoms. The van der Waals surface area contributed by atoms with E-state index in [0.29, 0.717) is 6.54 Å². The predicted octanol–water partition coefficient (Wildman–Crippen LogP) is 2.18. The molecule has 3 heteroatoms. The van der Waals surface area contributed by atoms with Crippen molar-refractivity contribution in [2.45, 2.75) is 13.0 Å². The maximum atomic E-state index is 5.61. The van der Waals surface area contributed by atoms with E-state index < -0.39 is 0 Å². The van der Waals surface area contributed by atoms with Crippen LogP contribution in [-0.2, 0) is 13.0 Å². The van der Waals surface area contributed by atoms with Gasteiger partial charge in [-0.1, -0.05) is 24.3 Å². The highest BCUT2D eigenvalue weighted by Crippen LogP contribution is 2.31. The standard InChI is InChI=1S/C14H15N3/c15-9-10-1-3-11(4-2-10)12-5-7-16-14-13(12)6-8-17-14/h1-5,7H,6,8-9,15H2,(H,16,17). The second-order valence-corrected chi connectivity index (χ2v) is 4.26. The van der Waals surface area contributed by atoms with Crippen LogP contribution in [-0.4, -0.2) is 11.5 Å². The fourth-order valence-corrected chi connectivity index (χ4v) is 2.29. The lowest BCUT2D eigenvalue weighted by atomic mass is 9.99. The van der Waals surface area contributed by atoms with Gasteiger partial charge in [-0.05, 0) is 29.2 Å². The van der Waals surface area contributed by atoms with Gasteiger partial charge < -0.3 is 11.1 Å². The molecule has 0 atom stereocenters. The molecule has 0 saturated carbocycles. The highest BCUT2D eigenvalue weighted by molar-refractivity contribution is 5.73. The van der Waals surface area contributed by atoms with Crippen molar-refractivity contribution in [3.05, 3.63) is 47.7 Å². The minimum absolute atomic E-state index is 0.594. The van der Waals surface area contributed by atoms with Gasteiger partial charge in [-0.15, -0.1) is 0 Å². The Morgan fingerprint density at radius 3 is 2.76 bits per heavy atom. The zero-order valence-corrected chi connectivity index (χ0v) is 9.61. The number of pyridine rings is 1. The van der Waals surface area contributed by atoms with Crippen LogP contribution in [0.15, 0.2) is 36.5 Å². The van der Waals surface area contributed by atoms with Gasteiger partial charge in [0, 0.05) is 24.8 Å². The van der Waals surface area contributed by atoms with Crippen LogP contribution in [0.3, 0.4) is 0 Å². The molecule has 1 aliphatic heterocycles. The largest absolute Gasteiger partial charge is 0.369 e. The van der Waals surface area contributed by atoms with Crippen LogP contribution in [0.1, 0.15) is 11.1 Å². The first-order chi connectivity index (χ1) is 8.38. The zero-order chi connectivity index (χ0) is 11.7. The van der Waals surface area contributed by atoms with E-state index in [1.54, 1.807) is 0 Å². The Balaban J connectivity index is 2.06. The average molecular weight is 225 g/mol. The molecule has 3 rings (SSSR count). The summed E-state index contributed by atoms with van der Waals surface area (Å²) in [4.78, 5) is 4.35. The van der Waals surface area contributed by atoms with Gasteiger partial charge in [0.15, 0.2) is 0 Å². The van der Waals surface area contributed by atoms with Gasteiger partial charge in [0.05, 0.1) is 0 Å². The third-order valence-corrected chi connectivity index (χ3v) is 3.22. The molecule has 0 radical (unpaired) electrons. The van der Waals surface area contributed by atoms with E-state index in [4.69, 9.17) is 5.73 Å². The molecular formula is C14H15N3. The number of benzene rings is 1. The van der Waals surface area contributed by atoms with E-state index in [9.17, 15) is 0 Å². The monoisotopic (exact) mass is 225 g/mol. The number of nitrogens with two attached hydrogens (primary N) is 1. The highest BCUT2D eigenvalue weighted by atomic mass is 15.0. The molecule has 1 aromatic heterocycles. The Morgan fingerprint density at radius 2 is 2.00 bits per heavy atom. The first-order valence-corrected chi connectivity index (χ1v) is 5.89. The van der Waals surface area contributed by atoms with Crippen molar-refractivity contribution in [2.75, 3.05) is 11.9 Å².